The average Bonchev–Trinajstić information content (AvgIpc) is 2.74. The van der Waals surface area contributed by atoms with Gasteiger partial charge in [0.25, 0.3) is 5.56 Å². The van der Waals surface area contributed by atoms with E-state index in [0.29, 0.717) is 0 Å². The van der Waals surface area contributed by atoms with Crippen LogP contribution in [0.3, 0.4) is 0 Å². The Kier molecular flexibility index (Phi) is 3.78. The van der Waals surface area contributed by atoms with Gasteiger partial charge in [-0.3, -0.25) is 14.2 Å². The van der Waals surface area contributed by atoms with Crippen molar-refractivity contribution in [2.24, 2.45) is 0 Å². The second kappa shape index (κ2) is 5.48. The third kappa shape index (κ3) is 2.34. The van der Waals surface area contributed by atoms with E-state index in [4.69, 9.17) is 22.1 Å². The quantitative estimate of drug-likeness (QED) is 0.414. The fraction of sp³-hybridized carbons (Fsp3) is 0.417. The van der Waals surface area contributed by atoms with Gasteiger partial charge in [-0.25, -0.2) is 4.98 Å². The third-order valence-electron chi connectivity index (χ3n) is 3.51. The highest BCUT2D eigenvalue weighted by Crippen LogP contribution is 2.33. The molecule has 10 heteroatoms. The zero-order chi connectivity index (χ0) is 16.0. The van der Waals surface area contributed by atoms with Gasteiger partial charge in [0, 0.05) is 11.8 Å². The highest BCUT2D eigenvalue weighted by atomic mass is 32.1. The molecule has 118 valence electrons. The van der Waals surface area contributed by atoms with Gasteiger partial charge in [0.2, 0.25) is 11.7 Å². The Morgan fingerprint density at radius 2 is 2.18 bits per heavy atom. The summed E-state index contributed by atoms with van der Waals surface area (Å²) in [5, 5.41) is 28.9. The molecule has 4 N–H and O–H groups in total. The van der Waals surface area contributed by atoms with Crippen LogP contribution in [0, 0.1) is 10.6 Å². The number of ether oxygens (including phenoxy) is 1. The lowest BCUT2D eigenvalue weighted by atomic mass is 10.0. The van der Waals surface area contributed by atoms with Gasteiger partial charge in [-0.2, -0.15) is 4.39 Å². The fourth-order valence-electron chi connectivity index (χ4n) is 2.40. The highest BCUT2D eigenvalue weighted by molar-refractivity contribution is 7.71. The minimum atomic E-state index is -1.34. The molecule has 3 rings (SSSR count). The van der Waals surface area contributed by atoms with E-state index in [2.05, 4.69) is 9.97 Å². The molecule has 0 spiro atoms. The molecule has 22 heavy (non-hydrogen) atoms. The molecule has 0 radical (unpaired) electrons. The van der Waals surface area contributed by atoms with Crippen molar-refractivity contribution in [1.82, 2.24) is 14.4 Å². The molecule has 3 heterocycles. The summed E-state index contributed by atoms with van der Waals surface area (Å²) in [4.78, 5) is 17.5. The van der Waals surface area contributed by atoms with Crippen molar-refractivity contribution in [3.8, 4) is 0 Å². The van der Waals surface area contributed by atoms with Crippen LogP contribution in [-0.2, 0) is 4.74 Å². The van der Waals surface area contributed by atoms with Crippen molar-refractivity contribution in [3.05, 3.63) is 38.8 Å². The molecular formula is C12H12FN3O5S. The molecule has 1 aliphatic rings. The molecule has 0 saturated carbocycles. The van der Waals surface area contributed by atoms with Crippen LogP contribution in [0.25, 0.3) is 5.78 Å². The summed E-state index contributed by atoms with van der Waals surface area (Å²) in [6.45, 7) is -0.489. The minimum Gasteiger partial charge on any atom is -0.394 e. The topological polar surface area (TPSA) is 120 Å². The van der Waals surface area contributed by atoms with E-state index in [1.165, 1.54) is 6.20 Å². The standard InChI is InChI=1S/C12H12FN3O5S/c13-6-1-7(18)14-12-15-11(22)4(2-16(6)12)10-9(20)8(19)5(3-17)21-10/h1-2,5,8-10,17,19-20H,3H2,(H,14,15,18,22)/t5-,8?,9+,10+/m1/s1. The normalized spacial score (nSPS) is 28.4. The van der Waals surface area contributed by atoms with E-state index in [1.807, 2.05) is 0 Å². The molecule has 1 saturated heterocycles. The van der Waals surface area contributed by atoms with Crippen LogP contribution in [0.4, 0.5) is 4.39 Å². The predicted molar refractivity (Wildman–Crippen MR) is 73.3 cm³/mol. The monoisotopic (exact) mass is 329 g/mol. The van der Waals surface area contributed by atoms with Crippen LogP contribution in [0.5, 0.6) is 0 Å². The summed E-state index contributed by atoms with van der Waals surface area (Å²) in [6, 6.07) is 0.735. The number of nitrogens with one attached hydrogen (secondary N) is 1. The third-order valence-corrected chi connectivity index (χ3v) is 3.84. The maximum atomic E-state index is 13.8. The first-order valence-electron chi connectivity index (χ1n) is 6.37. The molecule has 1 aliphatic heterocycles. The summed E-state index contributed by atoms with van der Waals surface area (Å²) in [5.74, 6) is -0.959. The first-order chi connectivity index (χ1) is 10.4. The smallest absolute Gasteiger partial charge is 0.255 e. The Morgan fingerprint density at radius 1 is 1.45 bits per heavy atom. The van der Waals surface area contributed by atoms with Gasteiger partial charge < -0.3 is 20.1 Å². The second-order valence-corrected chi connectivity index (χ2v) is 5.30. The first-order valence-corrected chi connectivity index (χ1v) is 6.78. The summed E-state index contributed by atoms with van der Waals surface area (Å²) in [5.41, 5.74) is -0.499. The predicted octanol–water partition coefficient (Wildman–Crippen LogP) is -0.955. The number of aliphatic hydroxyl groups is 3. The van der Waals surface area contributed by atoms with Crippen LogP contribution in [0.2, 0.25) is 0 Å². The van der Waals surface area contributed by atoms with E-state index in [9.17, 15) is 19.4 Å². The fourth-order valence-corrected chi connectivity index (χ4v) is 2.65. The number of nitrogens with zero attached hydrogens (tertiary/aromatic N) is 2. The number of H-pyrrole nitrogens is 1. The van der Waals surface area contributed by atoms with Crippen molar-refractivity contribution in [2.45, 2.75) is 24.4 Å². The molecule has 2 aromatic rings. The Morgan fingerprint density at radius 3 is 2.82 bits per heavy atom. The number of aromatic nitrogens is 3. The summed E-state index contributed by atoms with van der Waals surface area (Å²) in [7, 11) is 0. The number of hydrogen-bond donors (Lipinski definition) is 4. The van der Waals surface area contributed by atoms with E-state index >= 15 is 0 Å². The van der Waals surface area contributed by atoms with Gasteiger partial charge in [-0.05, 0) is 0 Å². The number of rotatable bonds is 2. The lowest BCUT2D eigenvalue weighted by molar-refractivity contribution is -0.0231. The lowest BCUT2D eigenvalue weighted by Gasteiger charge is -2.15. The summed E-state index contributed by atoms with van der Waals surface area (Å²) < 4.78 is 20.1. The molecule has 0 aliphatic carbocycles. The van der Waals surface area contributed by atoms with Gasteiger partial charge in [-0.1, -0.05) is 12.2 Å². The molecular weight excluding hydrogens is 317 g/mol. The molecule has 0 bridgehead atoms. The maximum Gasteiger partial charge on any atom is 0.255 e. The highest BCUT2D eigenvalue weighted by Gasteiger charge is 2.43. The van der Waals surface area contributed by atoms with Crippen molar-refractivity contribution in [3.63, 3.8) is 0 Å². The largest absolute Gasteiger partial charge is 0.394 e. The number of aliphatic hydroxyl groups excluding tert-OH is 3. The number of aromatic amines is 1. The van der Waals surface area contributed by atoms with Crippen molar-refractivity contribution in [2.75, 3.05) is 6.61 Å². The van der Waals surface area contributed by atoms with Gasteiger partial charge >= 0.3 is 0 Å². The molecule has 1 unspecified atom stereocenters. The van der Waals surface area contributed by atoms with Crippen molar-refractivity contribution >= 4 is 18.0 Å². The molecule has 8 nitrogen and oxygen atoms in total. The van der Waals surface area contributed by atoms with Crippen LogP contribution in [0.1, 0.15) is 11.7 Å². The summed E-state index contributed by atoms with van der Waals surface area (Å²) >= 11 is 5.06. The van der Waals surface area contributed by atoms with Gasteiger partial charge in [0.05, 0.1) is 12.7 Å². The summed E-state index contributed by atoms with van der Waals surface area (Å²) in [6.07, 6.45) is -3.45. The Balaban J connectivity index is 2.14. The molecule has 2 aromatic heterocycles. The number of fused-ring (bicyclic) bond motifs is 1. The van der Waals surface area contributed by atoms with Crippen LogP contribution >= 0.6 is 12.2 Å². The zero-order valence-corrected chi connectivity index (χ0v) is 11.8. The number of hydrogen-bond acceptors (Lipinski definition) is 7. The lowest BCUT2D eigenvalue weighted by Crippen LogP contribution is -2.32. The van der Waals surface area contributed by atoms with Gasteiger partial charge in [0.15, 0.2) is 0 Å². The average molecular weight is 329 g/mol. The maximum absolute atomic E-state index is 13.8. The molecule has 0 aromatic carbocycles. The van der Waals surface area contributed by atoms with E-state index in [-0.39, 0.29) is 16.0 Å². The Labute approximate surface area is 127 Å². The van der Waals surface area contributed by atoms with Crippen molar-refractivity contribution in [1.29, 1.82) is 0 Å². The molecule has 0 amide bonds. The van der Waals surface area contributed by atoms with E-state index < -0.39 is 42.5 Å². The zero-order valence-electron chi connectivity index (χ0n) is 11.0. The Hall–Kier alpha value is -1.72. The first kappa shape index (κ1) is 15.2. The second-order valence-electron chi connectivity index (χ2n) is 4.91. The minimum absolute atomic E-state index is 0.0175. The molecule has 4 atom stereocenters. The molecule has 1 fully saturated rings. The SMILES string of the molecule is O=c1cc(F)n2cc([C@@H]3O[C@H](CO)C(O)[C@@H]3O)c(=S)nc2[nH]1. The van der Waals surface area contributed by atoms with Crippen LogP contribution in [0.15, 0.2) is 17.1 Å². The Bertz CT molecular complexity index is 838. The number of halogens is 1. The van der Waals surface area contributed by atoms with Crippen LogP contribution in [-0.4, -0.2) is 54.6 Å². The van der Waals surface area contributed by atoms with Gasteiger partial charge in [-0.15, -0.1) is 0 Å². The van der Waals surface area contributed by atoms with Crippen molar-refractivity contribution < 1.29 is 24.4 Å². The van der Waals surface area contributed by atoms with Gasteiger partial charge in [0.1, 0.15) is 29.1 Å². The van der Waals surface area contributed by atoms with Crippen LogP contribution < -0.4 is 5.56 Å². The van der Waals surface area contributed by atoms with E-state index in [1.54, 1.807) is 0 Å². The van der Waals surface area contributed by atoms with E-state index in [0.717, 1.165) is 10.5 Å².